The van der Waals surface area contributed by atoms with Crippen LogP contribution in [-0.2, 0) is 27.2 Å². The SMILES string of the molecule is CC(C)(C)OC(=O)N[C@@H](Cc1ccccc1)C(=O)N[C@H](CC(=O)N[C@H](CO)Cc1ccccc1)c1ccccc1. The summed E-state index contributed by atoms with van der Waals surface area (Å²) >= 11 is 0. The Hall–Kier alpha value is -4.17. The molecule has 0 heterocycles. The number of carbonyl (C=O) groups excluding carboxylic acids is 3. The van der Waals surface area contributed by atoms with E-state index in [1.54, 1.807) is 20.8 Å². The highest BCUT2D eigenvalue weighted by molar-refractivity contribution is 5.87. The minimum Gasteiger partial charge on any atom is -0.444 e. The molecule has 0 aliphatic carbocycles. The molecule has 0 bridgehead atoms. The number of ether oxygens (including phenoxy) is 1. The van der Waals surface area contributed by atoms with Crippen molar-refractivity contribution >= 4 is 17.9 Å². The number of hydrogen-bond donors (Lipinski definition) is 4. The number of hydrogen-bond acceptors (Lipinski definition) is 5. The minimum atomic E-state index is -0.935. The van der Waals surface area contributed by atoms with Gasteiger partial charge in [-0.05, 0) is 43.9 Å². The smallest absolute Gasteiger partial charge is 0.408 e. The number of nitrogens with one attached hydrogen (secondary N) is 3. The molecule has 0 saturated heterocycles. The van der Waals surface area contributed by atoms with Gasteiger partial charge in [0.2, 0.25) is 11.8 Å². The largest absolute Gasteiger partial charge is 0.444 e. The Bertz CT molecular complexity index is 1210. The van der Waals surface area contributed by atoms with Gasteiger partial charge in [-0.3, -0.25) is 9.59 Å². The Morgan fingerprint density at radius 2 is 1.27 bits per heavy atom. The summed E-state index contributed by atoms with van der Waals surface area (Å²) in [4.78, 5) is 39.3. The number of aliphatic hydroxyl groups is 1. The van der Waals surface area contributed by atoms with Crippen LogP contribution in [0.3, 0.4) is 0 Å². The van der Waals surface area contributed by atoms with Crippen molar-refractivity contribution in [1.82, 2.24) is 16.0 Å². The molecule has 0 aromatic heterocycles. The van der Waals surface area contributed by atoms with E-state index in [9.17, 15) is 19.5 Å². The molecule has 40 heavy (non-hydrogen) atoms. The fourth-order valence-electron chi connectivity index (χ4n) is 4.25. The van der Waals surface area contributed by atoms with Gasteiger partial charge in [0.15, 0.2) is 0 Å². The van der Waals surface area contributed by atoms with Crippen molar-refractivity contribution in [2.45, 2.75) is 63.8 Å². The Morgan fingerprint density at radius 3 is 1.80 bits per heavy atom. The maximum Gasteiger partial charge on any atom is 0.408 e. The van der Waals surface area contributed by atoms with Gasteiger partial charge in [-0.1, -0.05) is 91.0 Å². The first-order valence-electron chi connectivity index (χ1n) is 13.5. The second-order valence-corrected chi connectivity index (χ2v) is 10.7. The van der Waals surface area contributed by atoms with E-state index in [1.807, 2.05) is 91.0 Å². The molecule has 8 heteroatoms. The molecule has 3 aromatic rings. The van der Waals surface area contributed by atoms with Crippen LogP contribution in [-0.4, -0.2) is 47.3 Å². The lowest BCUT2D eigenvalue weighted by atomic mass is 10.0. The fourth-order valence-corrected chi connectivity index (χ4v) is 4.25. The van der Waals surface area contributed by atoms with Gasteiger partial charge < -0.3 is 25.8 Å². The number of carbonyl (C=O) groups is 3. The summed E-state index contributed by atoms with van der Waals surface area (Å²) in [6, 6.07) is 26.1. The molecule has 3 rings (SSSR count). The van der Waals surface area contributed by atoms with Crippen LogP contribution in [0.1, 0.15) is 49.9 Å². The molecule has 0 unspecified atom stereocenters. The number of benzene rings is 3. The van der Waals surface area contributed by atoms with Crippen LogP contribution < -0.4 is 16.0 Å². The summed E-state index contributed by atoms with van der Waals surface area (Å²) in [5, 5.41) is 18.4. The first-order valence-corrected chi connectivity index (χ1v) is 13.5. The fraction of sp³-hybridized carbons (Fsp3) is 0.344. The summed E-state index contributed by atoms with van der Waals surface area (Å²) in [6.45, 7) is 5.03. The van der Waals surface area contributed by atoms with Crippen molar-refractivity contribution in [2.75, 3.05) is 6.61 Å². The van der Waals surface area contributed by atoms with E-state index in [-0.39, 0.29) is 25.4 Å². The van der Waals surface area contributed by atoms with E-state index < -0.39 is 35.7 Å². The average molecular weight is 546 g/mol. The summed E-state index contributed by atoms with van der Waals surface area (Å²) in [5.74, 6) is -0.761. The molecule has 4 N–H and O–H groups in total. The van der Waals surface area contributed by atoms with E-state index in [2.05, 4.69) is 16.0 Å². The van der Waals surface area contributed by atoms with Crippen molar-refractivity contribution in [3.63, 3.8) is 0 Å². The van der Waals surface area contributed by atoms with Gasteiger partial charge in [0.05, 0.1) is 25.1 Å². The zero-order valence-corrected chi connectivity index (χ0v) is 23.3. The molecule has 0 fully saturated rings. The molecule has 3 amide bonds. The monoisotopic (exact) mass is 545 g/mol. The quantitative estimate of drug-likeness (QED) is 0.274. The molecular formula is C32H39N3O5. The van der Waals surface area contributed by atoms with E-state index in [1.165, 1.54) is 0 Å². The summed E-state index contributed by atoms with van der Waals surface area (Å²) in [7, 11) is 0. The number of rotatable bonds is 12. The third-order valence-corrected chi connectivity index (χ3v) is 6.11. The van der Waals surface area contributed by atoms with Crippen molar-refractivity contribution in [3.8, 4) is 0 Å². The molecule has 3 atom stereocenters. The molecule has 212 valence electrons. The van der Waals surface area contributed by atoms with E-state index >= 15 is 0 Å². The van der Waals surface area contributed by atoms with Crippen LogP contribution >= 0.6 is 0 Å². The van der Waals surface area contributed by atoms with Crippen molar-refractivity contribution in [2.24, 2.45) is 0 Å². The van der Waals surface area contributed by atoms with E-state index in [0.717, 1.165) is 16.7 Å². The zero-order valence-electron chi connectivity index (χ0n) is 23.3. The molecule has 3 aromatic carbocycles. The lowest BCUT2D eigenvalue weighted by Gasteiger charge is -2.26. The Labute approximate surface area is 236 Å². The van der Waals surface area contributed by atoms with Gasteiger partial charge in [-0.2, -0.15) is 0 Å². The van der Waals surface area contributed by atoms with Crippen LogP contribution in [0, 0.1) is 0 Å². The topological polar surface area (TPSA) is 117 Å². The van der Waals surface area contributed by atoms with Gasteiger partial charge in [0.1, 0.15) is 11.6 Å². The summed E-state index contributed by atoms with van der Waals surface area (Å²) in [5.41, 5.74) is 1.86. The summed E-state index contributed by atoms with van der Waals surface area (Å²) in [6.07, 6.45) is -0.0385. The van der Waals surface area contributed by atoms with E-state index in [4.69, 9.17) is 4.74 Å². The number of aliphatic hydroxyl groups excluding tert-OH is 1. The minimum absolute atomic E-state index is 0.0501. The molecule has 0 aliphatic heterocycles. The Kier molecular flexibility index (Phi) is 11.3. The third kappa shape index (κ3) is 10.5. The second-order valence-electron chi connectivity index (χ2n) is 10.7. The standard InChI is InChI=1S/C32H39N3O5/c1-32(2,3)40-31(39)35-28(20-24-15-9-5-10-16-24)30(38)34-27(25-17-11-6-12-18-25)21-29(37)33-26(22-36)19-23-13-7-4-8-14-23/h4-18,26-28,36H,19-22H2,1-3H3,(H,33,37)(H,34,38)(H,35,39)/t26-,27+,28-/m0/s1. The van der Waals surface area contributed by atoms with Crippen LogP contribution in [0.25, 0.3) is 0 Å². The van der Waals surface area contributed by atoms with Crippen LogP contribution in [0.2, 0.25) is 0 Å². The Morgan fingerprint density at radius 1 is 0.750 bits per heavy atom. The van der Waals surface area contributed by atoms with Gasteiger partial charge in [-0.15, -0.1) is 0 Å². The molecule has 0 aliphatic rings. The highest BCUT2D eigenvalue weighted by Gasteiger charge is 2.28. The molecule has 0 spiro atoms. The third-order valence-electron chi connectivity index (χ3n) is 6.11. The van der Waals surface area contributed by atoms with Crippen LogP contribution in [0.4, 0.5) is 4.79 Å². The van der Waals surface area contributed by atoms with Gasteiger partial charge in [-0.25, -0.2) is 4.79 Å². The van der Waals surface area contributed by atoms with Gasteiger partial charge in [0.25, 0.3) is 0 Å². The predicted octanol–water partition coefficient (Wildman–Crippen LogP) is 4.09. The first kappa shape index (κ1) is 30.4. The van der Waals surface area contributed by atoms with Gasteiger partial charge in [0, 0.05) is 6.42 Å². The van der Waals surface area contributed by atoms with Gasteiger partial charge >= 0.3 is 6.09 Å². The van der Waals surface area contributed by atoms with Crippen molar-refractivity contribution < 1.29 is 24.2 Å². The lowest BCUT2D eigenvalue weighted by molar-refractivity contribution is -0.125. The number of amides is 3. The first-order chi connectivity index (χ1) is 19.1. The van der Waals surface area contributed by atoms with Crippen LogP contribution in [0.15, 0.2) is 91.0 Å². The van der Waals surface area contributed by atoms with E-state index in [0.29, 0.717) is 6.42 Å². The zero-order chi connectivity index (χ0) is 29.0. The maximum atomic E-state index is 13.6. The molecule has 0 radical (unpaired) electrons. The van der Waals surface area contributed by atoms with Crippen molar-refractivity contribution in [1.29, 1.82) is 0 Å². The maximum absolute atomic E-state index is 13.6. The molecule has 8 nitrogen and oxygen atoms in total. The summed E-state index contributed by atoms with van der Waals surface area (Å²) < 4.78 is 5.40. The second kappa shape index (κ2) is 14.8. The Balaban J connectivity index is 1.75. The predicted molar refractivity (Wildman–Crippen MR) is 154 cm³/mol. The average Bonchev–Trinajstić information content (AvgIpc) is 2.92. The number of alkyl carbamates (subject to hydrolysis) is 1. The lowest BCUT2D eigenvalue weighted by Crippen LogP contribution is -2.50. The molecular weight excluding hydrogens is 506 g/mol. The normalized spacial score (nSPS) is 13.4. The highest BCUT2D eigenvalue weighted by atomic mass is 16.6. The van der Waals surface area contributed by atoms with Crippen LogP contribution in [0.5, 0.6) is 0 Å². The van der Waals surface area contributed by atoms with Crippen molar-refractivity contribution in [3.05, 3.63) is 108 Å². The highest BCUT2D eigenvalue weighted by Crippen LogP contribution is 2.18. The molecule has 0 saturated carbocycles.